The van der Waals surface area contributed by atoms with E-state index in [1.165, 1.54) is 18.2 Å². The van der Waals surface area contributed by atoms with Crippen LogP contribution in [0.5, 0.6) is 5.75 Å². The van der Waals surface area contributed by atoms with Crippen LogP contribution in [-0.4, -0.2) is 24.0 Å². The van der Waals surface area contributed by atoms with Gasteiger partial charge in [0.05, 0.1) is 5.56 Å². The summed E-state index contributed by atoms with van der Waals surface area (Å²) in [6.45, 7) is 5.52. The molecule has 0 saturated heterocycles. The van der Waals surface area contributed by atoms with E-state index in [9.17, 15) is 14.4 Å². The van der Waals surface area contributed by atoms with Crippen LogP contribution in [-0.2, 0) is 16.1 Å². The largest absolute Gasteiger partial charge is 0.445 e. The lowest BCUT2D eigenvalue weighted by Gasteiger charge is -2.21. The number of anilines is 1. The fourth-order valence-electron chi connectivity index (χ4n) is 3.17. The molecule has 0 heterocycles. The van der Waals surface area contributed by atoms with Gasteiger partial charge in [0.25, 0.3) is 5.91 Å². The molecule has 0 radical (unpaired) electrons. The highest BCUT2D eigenvalue weighted by Crippen LogP contribution is 2.25. The highest BCUT2D eigenvalue weighted by Gasteiger charge is 2.28. The smallest absolute Gasteiger partial charge is 0.408 e. The zero-order valence-electron chi connectivity index (χ0n) is 19.7. The number of rotatable bonds is 8. The molecule has 7 nitrogen and oxygen atoms in total. The van der Waals surface area contributed by atoms with Crippen molar-refractivity contribution in [2.45, 2.75) is 33.4 Å². The summed E-state index contributed by atoms with van der Waals surface area (Å²) in [5.41, 5.74) is 2.54. The number of alkyl carbamates (subject to hydrolysis) is 1. The first-order chi connectivity index (χ1) is 16.7. The Balaban J connectivity index is 1.69. The Morgan fingerprint density at radius 1 is 0.943 bits per heavy atom. The van der Waals surface area contributed by atoms with Crippen molar-refractivity contribution in [2.24, 2.45) is 5.92 Å². The van der Waals surface area contributed by atoms with Crippen molar-refractivity contribution >= 4 is 35.3 Å². The molecule has 0 fully saturated rings. The maximum absolute atomic E-state index is 13.0. The van der Waals surface area contributed by atoms with Gasteiger partial charge >= 0.3 is 12.1 Å². The van der Waals surface area contributed by atoms with Gasteiger partial charge in [-0.25, -0.2) is 9.59 Å². The number of benzene rings is 3. The van der Waals surface area contributed by atoms with Crippen molar-refractivity contribution in [2.75, 3.05) is 5.32 Å². The second-order valence-corrected chi connectivity index (χ2v) is 8.75. The van der Waals surface area contributed by atoms with Gasteiger partial charge in [-0.1, -0.05) is 73.5 Å². The molecule has 0 aromatic heterocycles. The summed E-state index contributed by atoms with van der Waals surface area (Å²) in [5.74, 6) is -1.50. The van der Waals surface area contributed by atoms with Crippen molar-refractivity contribution in [1.29, 1.82) is 0 Å². The number of ether oxygens (including phenoxy) is 2. The van der Waals surface area contributed by atoms with Crippen LogP contribution in [0.1, 0.15) is 35.3 Å². The lowest BCUT2D eigenvalue weighted by Crippen LogP contribution is -2.46. The Morgan fingerprint density at radius 2 is 1.63 bits per heavy atom. The highest BCUT2D eigenvalue weighted by molar-refractivity contribution is 6.31. The van der Waals surface area contributed by atoms with E-state index in [2.05, 4.69) is 10.6 Å². The van der Waals surface area contributed by atoms with Gasteiger partial charge in [-0.2, -0.15) is 0 Å². The minimum Gasteiger partial charge on any atom is -0.445 e. The fourth-order valence-corrected chi connectivity index (χ4v) is 3.34. The summed E-state index contributed by atoms with van der Waals surface area (Å²) < 4.78 is 10.8. The number of carbonyl (C=O) groups excluding carboxylic acids is 3. The average molecular weight is 495 g/mol. The lowest BCUT2D eigenvalue weighted by molar-refractivity contribution is -0.137. The van der Waals surface area contributed by atoms with Gasteiger partial charge in [-0.3, -0.25) is 4.79 Å². The molecule has 0 bridgehead atoms. The van der Waals surface area contributed by atoms with E-state index in [0.717, 1.165) is 11.1 Å². The molecule has 2 N–H and O–H groups in total. The molecule has 0 spiro atoms. The molecule has 2 amide bonds. The van der Waals surface area contributed by atoms with Gasteiger partial charge in [-0.15, -0.1) is 0 Å². The third-order valence-electron chi connectivity index (χ3n) is 5.11. The Kier molecular flexibility index (Phi) is 8.86. The molecule has 0 aliphatic carbocycles. The fraction of sp³-hybridized carbons (Fsp3) is 0.222. The minimum atomic E-state index is -0.998. The van der Waals surface area contributed by atoms with E-state index in [-0.39, 0.29) is 23.8 Å². The Bertz CT molecular complexity index is 1180. The predicted molar refractivity (Wildman–Crippen MR) is 135 cm³/mol. The summed E-state index contributed by atoms with van der Waals surface area (Å²) in [6.07, 6.45) is -0.752. The molecule has 8 heteroatoms. The van der Waals surface area contributed by atoms with Crippen LogP contribution in [0.25, 0.3) is 0 Å². The Hall–Kier alpha value is -3.84. The van der Waals surface area contributed by atoms with E-state index in [1.54, 1.807) is 26.0 Å². The molecule has 182 valence electrons. The monoisotopic (exact) mass is 494 g/mol. The Labute approximate surface area is 209 Å². The van der Waals surface area contributed by atoms with Crippen molar-refractivity contribution < 1.29 is 23.9 Å². The maximum Gasteiger partial charge on any atom is 0.408 e. The number of aryl methyl sites for hydroxylation is 1. The molecule has 0 aliphatic heterocycles. The summed E-state index contributed by atoms with van der Waals surface area (Å²) in [4.78, 5) is 38.2. The van der Waals surface area contributed by atoms with Crippen LogP contribution in [0.15, 0.2) is 72.8 Å². The number of hydrogen-bond acceptors (Lipinski definition) is 5. The number of amides is 2. The van der Waals surface area contributed by atoms with Crippen molar-refractivity contribution in [1.82, 2.24) is 5.32 Å². The van der Waals surface area contributed by atoms with Gasteiger partial charge in [0.2, 0.25) is 0 Å². The molecule has 3 rings (SSSR count). The molecule has 0 saturated carbocycles. The highest BCUT2D eigenvalue weighted by atomic mass is 35.5. The number of esters is 1. The number of halogens is 1. The predicted octanol–water partition coefficient (Wildman–Crippen LogP) is 5.76. The zero-order valence-corrected chi connectivity index (χ0v) is 20.5. The van der Waals surface area contributed by atoms with E-state index in [0.29, 0.717) is 10.7 Å². The van der Waals surface area contributed by atoms with Crippen LogP contribution < -0.4 is 15.4 Å². The van der Waals surface area contributed by atoms with Crippen LogP contribution in [0.2, 0.25) is 5.02 Å². The normalized spacial score (nSPS) is 11.5. The Morgan fingerprint density at radius 3 is 2.29 bits per heavy atom. The summed E-state index contributed by atoms with van der Waals surface area (Å²) in [5, 5.41) is 5.62. The topological polar surface area (TPSA) is 93.7 Å². The number of carbonyl (C=O) groups is 3. The first-order valence-corrected chi connectivity index (χ1v) is 11.5. The molecule has 0 unspecified atom stereocenters. The minimum absolute atomic E-state index is 0.0223. The molecular weight excluding hydrogens is 468 g/mol. The van der Waals surface area contributed by atoms with Crippen molar-refractivity contribution in [3.8, 4) is 5.75 Å². The molecule has 1 atom stereocenters. The van der Waals surface area contributed by atoms with E-state index >= 15 is 0 Å². The van der Waals surface area contributed by atoms with E-state index in [4.69, 9.17) is 21.1 Å². The number of hydrogen-bond donors (Lipinski definition) is 2. The summed E-state index contributed by atoms with van der Waals surface area (Å²) in [6, 6.07) is 19.8. The standard InChI is InChI=1S/C27H27ClN2O5/c1-17(2)24(30-27(33)34-16-19-7-5-4-6-8-19)26(32)35-23-14-11-20(28)15-22(23)25(31)29-21-12-9-18(3)10-13-21/h4-15,17,24H,16H2,1-3H3,(H,29,31)(H,30,33)/t24-/m0/s1. The van der Waals surface area contributed by atoms with Gasteiger partial charge in [0, 0.05) is 10.7 Å². The van der Waals surface area contributed by atoms with Gasteiger partial charge in [-0.05, 0) is 48.7 Å². The van der Waals surface area contributed by atoms with Crippen LogP contribution >= 0.6 is 11.6 Å². The molecule has 35 heavy (non-hydrogen) atoms. The molecule has 0 aliphatic rings. The third-order valence-corrected chi connectivity index (χ3v) is 5.35. The summed E-state index contributed by atoms with van der Waals surface area (Å²) in [7, 11) is 0. The number of nitrogens with one attached hydrogen (secondary N) is 2. The SMILES string of the molecule is Cc1ccc(NC(=O)c2cc(Cl)ccc2OC(=O)[C@@H](NC(=O)OCc2ccccc2)C(C)C)cc1. The molecule has 3 aromatic carbocycles. The average Bonchev–Trinajstić information content (AvgIpc) is 2.84. The third kappa shape index (κ3) is 7.58. The first-order valence-electron chi connectivity index (χ1n) is 11.1. The van der Waals surface area contributed by atoms with Crippen LogP contribution in [0, 0.1) is 12.8 Å². The van der Waals surface area contributed by atoms with Crippen LogP contribution in [0.3, 0.4) is 0 Å². The lowest BCUT2D eigenvalue weighted by atomic mass is 10.0. The quantitative estimate of drug-likeness (QED) is 0.307. The second-order valence-electron chi connectivity index (χ2n) is 8.31. The van der Waals surface area contributed by atoms with Gasteiger partial charge < -0.3 is 20.1 Å². The van der Waals surface area contributed by atoms with Crippen molar-refractivity contribution in [3.63, 3.8) is 0 Å². The van der Waals surface area contributed by atoms with Crippen LogP contribution in [0.4, 0.5) is 10.5 Å². The molecular formula is C27H27ClN2O5. The summed E-state index contributed by atoms with van der Waals surface area (Å²) >= 11 is 6.09. The van der Waals surface area contributed by atoms with Gasteiger partial charge in [0.1, 0.15) is 18.4 Å². The maximum atomic E-state index is 13.0. The van der Waals surface area contributed by atoms with Gasteiger partial charge in [0.15, 0.2) is 0 Å². The van der Waals surface area contributed by atoms with Crippen molar-refractivity contribution in [3.05, 3.63) is 94.5 Å². The second kappa shape index (κ2) is 12.0. The van der Waals surface area contributed by atoms with E-state index in [1.807, 2.05) is 49.4 Å². The zero-order chi connectivity index (χ0) is 25.4. The molecule has 3 aromatic rings. The van der Waals surface area contributed by atoms with E-state index < -0.39 is 24.0 Å². The first kappa shape index (κ1) is 25.8.